The van der Waals surface area contributed by atoms with Gasteiger partial charge in [-0.3, -0.25) is 4.99 Å². The Morgan fingerprint density at radius 2 is 2.21 bits per heavy atom. The van der Waals surface area contributed by atoms with Crippen LogP contribution < -0.4 is 5.32 Å². The molecule has 0 aromatic carbocycles. The highest BCUT2D eigenvalue weighted by molar-refractivity contribution is 8.14. The van der Waals surface area contributed by atoms with Crippen molar-refractivity contribution in [2.45, 2.75) is 50.8 Å². The first-order valence-corrected chi connectivity index (χ1v) is 6.59. The molecule has 3 unspecified atom stereocenters. The van der Waals surface area contributed by atoms with Gasteiger partial charge in [0.1, 0.15) is 0 Å². The van der Waals surface area contributed by atoms with Crippen molar-refractivity contribution in [1.82, 2.24) is 5.32 Å². The SMILES string of the molecule is CC1CCCC(SC2=NCC(C)N2)C1. The number of rotatable bonds is 1. The van der Waals surface area contributed by atoms with Crippen molar-refractivity contribution in [1.29, 1.82) is 0 Å². The van der Waals surface area contributed by atoms with E-state index in [1.165, 1.54) is 30.9 Å². The fraction of sp³-hybridized carbons (Fsp3) is 0.909. The summed E-state index contributed by atoms with van der Waals surface area (Å²) in [5.41, 5.74) is 0. The molecule has 1 aliphatic carbocycles. The van der Waals surface area contributed by atoms with E-state index in [0.717, 1.165) is 17.7 Å². The lowest BCUT2D eigenvalue weighted by Crippen LogP contribution is -2.27. The van der Waals surface area contributed by atoms with E-state index >= 15 is 0 Å². The predicted molar refractivity (Wildman–Crippen MR) is 63.9 cm³/mol. The first kappa shape index (κ1) is 10.3. The molecule has 3 heteroatoms. The van der Waals surface area contributed by atoms with E-state index in [2.05, 4.69) is 24.2 Å². The van der Waals surface area contributed by atoms with Gasteiger partial charge in [-0.25, -0.2) is 0 Å². The van der Waals surface area contributed by atoms with Crippen molar-refractivity contribution in [2.24, 2.45) is 10.9 Å². The number of nitrogens with zero attached hydrogens (tertiary/aromatic N) is 1. The molecule has 0 aromatic heterocycles. The van der Waals surface area contributed by atoms with Crippen molar-refractivity contribution in [3.63, 3.8) is 0 Å². The van der Waals surface area contributed by atoms with E-state index in [0.29, 0.717) is 6.04 Å². The molecule has 0 bridgehead atoms. The Kier molecular flexibility index (Phi) is 3.37. The van der Waals surface area contributed by atoms with Gasteiger partial charge in [-0.2, -0.15) is 0 Å². The van der Waals surface area contributed by atoms with Crippen LogP contribution in [0.25, 0.3) is 0 Å². The Morgan fingerprint density at radius 1 is 1.36 bits per heavy atom. The average Bonchev–Trinajstić information content (AvgIpc) is 2.51. The molecule has 1 N–H and O–H groups in total. The average molecular weight is 212 g/mol. The van der Waals surface area contributed by atoms with Crippen LogP contribution in [-0.2, 0) is 0 Å². The summed E-state index contributed by atoms with van der Waals surface area (Å²) < 4.78 is 0. The van der Waals surface area contributed by atoms with Crippen LogP contribution in [0, 0.1) is 5.92 Å². The van der Waals surface area contributed by atoms with Gasteiger partial charge in [-0.15, -0.1) is 0 Å². The Labute approximate surface area is 90.9 Å². The van der Waals surface area contributed by atoms with Crippen molar-refractivity contribution in [2.75, 3.05) is 6.54 Å². The molecule has 0 saturated heterocycles. The smallest absolute Gasteiger partial charge is 0.157 e. The van der Waals surface area contributed by atoms with Gasteiger partial charge < -0.3 is 5.32 Å². The number of hydrogen-bond acceptors (Lipinski definition) is 3. The summed E-state index contributed by atoms with van der Waals surface area (Å²) in [6.45, 7) is 5.53. The van der Waals surface area contributed by atoms with E-state index in [1.54, 1.807) is 0 Å². The molecule has 0 radical (unpaired) electrons. The van der Waals surface area contributed by atoms with Gasteiger partial charge in [-0.05, 0) is 25.7 Å². The number of hydrogen-bond donors (Lipinski definition) is 1. The summed E-state index contributed by atoms with van der Waals surface area (Å²) in [5, 5.41) is 5.44. The van der Waals surface area contributed by atoms with Crippen LogP contribution in [0.4, 0.5) is 0 Å². The molecule has 1 fully saturated rings. The minimum absolute atomic E-state index is 0.554. The molecular weight excluding hydrogens is 192 g/mol. The van der Waals surface area contributed by atoms with E-state index in [1.807, 2.05) is 11.8 Å². The van der Waals surface area contributed by atoms with Crippen LogP contribution >= 0.6 is 11.8 Å². The minimum atomic E-state index is 0.554. The zero-order valence-electron chi connectivity index (χ0n) is 9.12. The second-order valence-electron chi connectivity index (χ2n) is 4.70. The number of nitrogens with one attached hydrogen (secondary N) is 1. The van der Waals surface area contributed by atoms with Crippen molar-refractivity contribution in [3.05, 3.63) is 0 Å². The Morgan fingerprint density at radius 3 is 2.86 bits per heavy atom. The van der Waals surface area contributed by atoms with Crippen molar-refractivity contribution in [3.8, 4) is 0 Å². The fourth-order valence-corrected chi connectivity index (χ4v) is 3.68. The maximum absolute atomic E-state index is 4.50. The van der Waals surface area contributed by atoms with Gasteiger partial charge in [0.05, 0.1) is 6.54 Å². The summed E-state index contributed by atoms with van der Waals surface area (Å²) in [6, 6.07) is 0.554. The molecule has 0 spiro atoms. The van der Waals surface area contributed by atoms with Crippen LogP contribution in [-0.4, -0.2) is 23.0 Å². The monoisotopic (exact) mass is 212 g/mol. The number of aliphatic imine (C=N–C) groups is 1. The fourth-order valence-electron chi connectivity index (χ4n) is 2.24. The van der Waals surface area contributed by atoms with Crippen LogP contribution in [0.2, 0.25) is 0 Å². The Bertz CT molecular complexity index is 227. The summed E-state index contributed by atoms with van der Waals surface area (Å²) in [6.07, 6.45) is 5.58. The third kappa shape index (κ3) is 2.66. The van der Waals surface area contributed by atoms with Gasteiger partial charge in [0, 0.05) is 11.3 Å². The lowest BCUT2D eigenvalue weighted by molar-refractivity contribution is 0.395. The summed E-state index contributed by atoms with van der Waals surface area (Å²) >= 11 is 1.97. The number of amidine groups is 1. The van der Waals surface area contributed by atoms with E-state index < -0.39 is 0 Å². The number of thioether (sulfide) groups is 1. The van der Waals surface area contributed by atoms with Crippen LogP contribution in [0.5, 0.6) is 0 Å². The summed E-state index contributed by atoms with van der Waals surface area (Å²) in [5.74, 6) is 0.917. The van der Waals surface area contributed by atoms with Crippen LogP contribution in [0.15, 0.2) is 4.99 Å². The highest BCUT2D eigenvalue weighted by Gasteiger charge is 2.23. The lowest BCUT2D eigenvalue weighted by Gasteiger charge is -2.26. The van der Waals surface area contributed by atoms with Crippen molar-refractivity contribution >= 4 is 16.9 Å². The van der Waals surface area contributed by atoms with Crippen molar-refractivity contribution < 1.29 is 0 Å². The van der Waals surface area contributed by atoms with Gasteiger partial charge in [-0.1, -0.05) is 31.5 Å². The van der Waals surface area contributed by atoms with Gasteiger partial charge in [0.15, 0.2) is 5.17 Å². The maximum atomic E-state index is 4.50. The highest BCUT2D eigenvalue weighted by Crippen LogP contribution is 2.32. The molecule has 0 amide bonds. The van der Waals surface area contributed by atoms with E-state index in [9.17, 15) is 0 Å². The largest absolute Gasteiger partial charge is 0.361 e. The topological polar surface area (TPSA) is 24.4 Å². The minimum Gasteiger partial charge on any atom is -0.361 e. The van der Waals surface area contributed by atoms with E-state index in [-0.39, 0.29) is 0 Å². The third-order valence-corrected chi connectivity index (χ3v) is 4.28. The Balaban J connectivity index is 1.79. The molecule has 2 rings (SSSR count). The normalized spacial score (nSPS) is 37.9. The first-order valence-electron chi connectivity index (χ1n) is 5.71. The molecule has 0 aromatic rings. The summed E-state index contributed by atoms with van der Waals surface area (Å²) in [4.78, 5) is 4.50. The third-order valence-electron chi connectivity index (χ3n) is 3.05. The molecule has 3 atom stereocenters. The first-order chi connectivity index (χ1) is 6.74. The predicted octanol–water partition coefficient (Wildman–Crippen LogP) is 2.65. The van der Waals surface area contributed by atoms with Gasteiger partial charge in [0.25, 0.3) is 0 Å². The highest BCUT2D eigenvalue weighted by atomic mass is 32.2. The van der Waals surface area contributed by atoms with Crippen LogP contribution in [0.3, 0.4) is 0 Å². The molecule has 2 aliphatic rings. The molecule has 80 valence electrons. The molecule has 1 aliphatic heterocycles. The van der Waals surface area contributed by atoms with E-state index in [4.69, 9.17) is 0 Å². The Hall–Kier alpha value is -0.180. The summed E-state index contributed by atoms with van der Waals surface area (Å²) in [7, 11) is 0. The lowest BCUT2D eigenvalue weighted by atomic mass is 9.91. The quantitative estimate of drug-likeness (QED) is 0.722. The second kappa shape index (κ2) is 4.56. The molecule has 14 heavy (non-hydrogen) atoms. The standard InChI is InChI=1S/C11H20N2S/c1-8-4-3-5-10(6-8)14-11-12-7-9(2)13-11/h8-10H,3-7H2,1-2H3,(H,12,13). The molecule has 1 saturated carbocycles. The maximum Gasteiger partial charge on any atom is 0.157 e. The molecule has 1 heterocycles. The zero-order chi connectivity index (χ0) is 9.97. The molecular formula is C11H20N2S. The van der Waals surface area contributed by atoms with Crippen LogP contribution in [0.1, 0.15) is 39.5 Å². The molecule has 2 nitrogen and oxygen atoms in total. The zero-order valence-corrected chi connectivity index (χ0v) is 9.94. The second-order valence-corrected chi connectivity index (χ2v) is 5.99. The van der Waals surface area contributed by atoms with Gasteiger partial charge >= 0.3 is 0 Å². The van der Waals surface area contributed by atoms with Gasteiger partial charge in [0.2, 0.25) is 0 Å².